The van der Waals surface area contributed by atoms with Crippen molar-refractivity contribution in [1.29, 1.82) is 0 Å². The number of hydrogen-bond acceptors (Lipinski definition) is 5. The van der Waals surface area contributed by atoms with Crippen LogP contribution in [0.15, 0.2) is 53.1 Å². The van der Waals surface area contributed by atoms with Gasteiger partial charge in [-0.05, 0) is 19.1 Å². The van der Waals surface area contributed by atoms with E-state index in [4.69, 9.17) is 9.52 Å². The molecule has 0 bridgehead atoms. The lowest BCUT2D eigenvalue weighted by Crippen LogP contribution is -2.34. The number of aliphatic hydroxyl groups excluding tert-OH is 1. The van der Waals surface area contributed by atoms with Crippen LogP contribution in [-0.4, -0.2) is 28.6 Å². The molecule has 0 fully saturated rings. The van der Waals surface area contributed by atoms with Gasteiger partial charge in [-0.1, -0.05) is 30.3 Å². The molecule has 3 rings (SSSR count). The maximum atomic E-state index is 12.5. The Morgan fingerprint density at radius 3 is 2.74 bits per heavy atom. The molecule has 6 heteroatoms. The highest BCUT2D eigenvalue weighted by Gasteiger charge is 2.22. The van der Waals surface area contributed by atoms with Crippen molar-refractivity contribution >= 4 is 17.2 Å². The predicted molar refractivity (Wildman–Crippen MR) is 89.3 cm³/mol. The van der Waals surface area contributed by atoms with Gasteiger partial charge < -0.3 is 14.8 Å². The number of carbonyl (C=O) groups is 1. The van der Waals surface area contributed by atoms with Crippen LogP contribution in [0.3, 0.4) is 0 Å². The summed E-state index contributed by atoms with van der Waals surface area (Å²) in [5, 5.41) is 12.5. The van der Waals surface area contributed by atoms with Crippen molar-refractivity contribution in [2.75, 3.05) is 6.61 Å². The molecular formula is C17H16N2O3S. The Hall–Kier alpha value is -2.44. The first-order valence-electron chi connectivity index (χ1n) is 7.21. The van der Waals surface area contributed by atoms with E-state index in [1.807, 2.05) is 36.4 Å². The highest BCUT2D eigenvalue weighted by Crippen LogP contribution is 2.34. The first-order chi connectivity index (χ1) is 11.2. The van der Waals surface area contributed by atoms with Crippen LogP contribution in [0.1, 0.15) is 16.6 Å². The van der Waals surface area contributed by atoms with Gasteiger partial charge in [0, 0.05) is 11.6 Å². The molecule has 3 aromatic rings. The van der Waals surface area contributed by atoms with E-state index in [-0.39, 0.29) is 18.6 Å². The van der Waals surface area contributed by atoms with E-state index in [9.17, 15) is 4.79 Å². The van der Waals surface area contributed by atoms with Gasteiger partial charge in [-0.2, -0.15) is 0 Å². The smallest absolute Gasteiger partial charge is 0.263 e. The van der Waals surface area contributed by atoms with E-state index < -0.39 is 0 Å². The lowest BCUT2D eigenvalue weighted by atomic mass is 10.1. The van der Waals surface area contributed by atoms with Crippen molar-refractivity contribution < 1.29 is 14.3 Å². The Bertz CT molecular complexity index is 782. The van der Waals surface area contributed by atoms with Crippen LogP contribution >= 0.6 is 11.3 Å². The van der Waals surface area contributed by atoms with Gasteiger partial charge in [-0.25, -0.2) is 4.98 Å². The van der Waals surface area contributed by atoms with Crippen LogP contribution in [0.5, 0.6) is 0 Å². The third kappa shape index (κ3) is 3.33. The summed E-state index contributed by atoms with van der Waals surface area (Å²) < 4.78 is 5.38. The Morgan fingerprint density at radius 1 is 1.30 bits per heavy atom. The number of nitrogens with one attached hydrogen (secondary N) is 1. The van der Waals surface area contributed by atoms with Crippen molar-refractivity contribution in [1.82, 2.24) is 10.3 Å². The highest BCUT2D eigenvalue weighted by atomic mass is 32.1. The summed E-state index contributed by atoms with van der Waals surface area (Å²) in [5.41, 5.74) is 1.48. The van der Waals surface area contributed by atoms with Crippen molar-refractivity contribution in [2.24, 2.45) is 0 Å². The topological polar surface area (TPSA) is 75.4 Å². The van der Waals surface area contributed by atoms with Gasteiger partial charge in [0.1, 0.15) is 4.88 Å². The zero-order valence-electron chi connectivity index (χ0n) is 12.5. The van der Waals surface area contributed by atoms with E-state index in [0.717, 1.165) is 5.56 Å². The maximum absolute atomic E-state index is 12.5. The number of benzene rings is 1. The van der Waals surface area contributed by atoms with Gasteiger partial charge in [0.25, 0.3) is 5.91 Å². The average molecular weight is 328 g/mol. The molecule has 118 valence electrons. The summed E-state index contributed by atoms with van der Waals surface area (Å²) in [7, 11) is 0. The molecule has 0 saturated carbocycles. The number of rotatable bonds is 5. The van der Waals surface area contributed by atoms with Gasteiger partial charge >= 0.3 is 0 Å². The Morgan fingerprint density at radius 2 is 2.09 bits per heavy atom. The van der Waals surface area contributed by atoms with Gasteiger partial charge in [0.2, 0.25) is 0 Å². The second-order valence-electron chi connectivity index (χ2n) is 5.10. The minimum absolute atomic E-state index is 0.115. The molecule has 0 spiro atoms. The van der Waals surface area contributed by atoms with Gasteiger partial charge in [-0.3, -0.25) is 4.79 Å². The molecule has 0 saturated heterocycles. The van der Waals surface area contributed by atoms with Crippen molar-refractivity contribution in [3.8, 4) is 22.0 Å². The Kier molecular flexibility index (Phi) is 4.55. The normalized spacial score (nSPS) is 12.1. The number of thiazole rings is 1. The van der Waals surface area contributed by atoms with Crippen LogP contribution < -0.4 is 5.32 Å². The molecule has 5 nitrogen and oxygen atoms in total. The first kappa shape index (κ1) is 15.5. The fourth-order valence-corrected chi connectivity index (χ4v) is 3.07. The van der Waals surface area contributed by atoms with Gasteiger partial charge in [0.15, 0.2) is 10.8 Å². The van der Waals surface area contributed by atoms with Crippen molar-refractivity contribution in [3.63, 3.8) is 0 Å². The zero-order valence-corrected chi connectivity index (χ0v) is 13.3. The Balaban J connectivity index is 2.04. The minimum atomic E-state index is -0.319. The summed E-state index contributed by atoms with van der Waals surface area (Å²) >= 11 is 1.27. The number of hydrogen-bond donors (Lipinski definition) is 2. The lowest BCUT2D eigenvalue weighted by Gasteiger charge is -2.10. The molecule has 0 aliphatic heterocycles. The zero-order chi connectivity index (χ0) is 16.2. The van der Waals surface area contributed by atoms with E-state index in [1.54, 1.807) is 19.3 Å². The molecule has 0 aliphatic carbocycles. The van der Waals surface area contributed by atoms with Crippen LogP contribution in [0, 0.1) is 0 Å². The quantitative estimate of drug-likeness (QED) is 0.754. The number of carbonyl (C=O) groups excluding carboxylic acids is 1. The van der Waals surface area contributed by atoms with Crippen LogP contribution in [-0.2, 0) is 0 Å². The van der Waals surface area contributed by atoms with Crippen molar-refractivity contribution in [3.05, 3.63) is 53.6 Å². The monoisotopic (exact) mass is 328 g/mol. The fourth-order valence-electron chi connectivity index (χ4n) is 2.11. The SMILES string of the molecule is CC(CO)NC(=O)c1sc(-c2ccco2)nc1-c1ccccc1. The van der Waals surface area contributed by atoms with E-state index in [0.29, 0.717) is 21.3 Å². The molecule has 1 amide bonds. The molecule has 2 heterocycles. The second-order valence-corrected chi connectivity index (χ2v) is 6.10. The molecule has 0 radical (unpaired) electrons. The van der Waals surface area contributed by atoms with E-state index in [1.165, 1.54) is 11.3 Å². The molecule has 1 aromatic carbocycles. The fraction of sp³-hybridized carbons (Fsp3) is 0.176. The number of aromatic nitrogens is 1. The summed E-state index contributed by atoms with van der Waals surface area (Å²) in [4.78, 5) is 17.6. The van der Waals surface area contributed by atoms with Gasteiger partial charge in [-0.15, -0.1) is 11.3 Å². The third-order valence-electron chi connectivity index (χ3n) is 3.26. The van der Waals surface area contributed by atoms with Gasteiger partial charge in [0.05, 0.1) is 18.6 Å². The molecule has 2 aromatic heterocycles. The first-order valence-corrected chi connectivity index (χ1v) is 8.02. The summed E-state index contributed by atoms with van der Waals surface area (Å²) in [5.74, 6) is 0.377. The largest absolute Gasteiger partial charge is 0.462 e. The molecular weight excluding hydrogens is 312 g/mol. The third-order valence-corrected chi connectivity index (χ3v) is 4.33. The minimum Gasteiger partial charge on any atom is -0.462 e. The highest BCUT2D eigenvalue weighted by molar-refractivity contribution is 7.17. The average Bonchev–Trinajstić information content (AvgIpc) is 3.24. The van der Waals surface area contributed by atoms with Crippen LogP contribution in [0.4, 0.5) is 0 Å². The summed E-state index contributed by atoms with van der Waals surface area (Å²) in [6.45, 7) is 1.63. The lowest BCUT2D eigenvalue weighted by molar-refractivity contribution is 0.0927. The number of nitrogens with zero attached hydrogens (tertiary/aromatic N) is 1. The standard InChI is InChI=1S/C17H16N2O3S/c1-11(10-20)18-16(21)15-14(12-6-3-2-4-7-12)19-17(23-15)13-8-5-9-22-13/h2-9,11,20H,10H2,1H3,(H,18,21). The van der Waals surface area contributed by atoms with E-state index >= 15 is 0 Å². The number of aliphatic hydroxyl groups is 1. The molecule has 23 heavy (non-hydrogen) atoms. The Labute approximate surface area is 137 Å². The summed E-state index contributed by atoms with van der Waals surface area (Å²) in [6.07, 6.45) is 1.58. The molecule has 2 N–H and O–H groups in total. The molecule has 1 unspecified atom stereocenters. The van der Waals surface area contributed by atoms with Crippen molar-refractivity contribution in [2.45, 2.75) is 13.0 Å². The summed E-state index contributed by atoms with van der Waals surface area (Å²) in [6, 6.07) is 12.8. The molecule has 0 aliphatic rings. The number of furan rings is 1. The predicted octanol–water partition coefficient (Wildman–Crippen LogP) is 3.18. The molecule has 1 atom stereocenters. The second kappa shape index (κ2) is 6.76. The maximum Gasteiger partial charge on any atom is 0.263 e. The number of amides is 1. The van der Waals surface area contributed by atoms with Crippen LogP contribution in [0.25, 0.3) is 22.0 Å². The van der Waals surface area contributed by atoms with Crippen LogP contribution in [0.2, 0.25) is 0 Å². The van der Waals surface area contributed by atoms with E-state index in [2.05, 4.69) is 10.3 Å².